The summed E-state index contributed by atoms with van der Waals surface area (Å²) in [5, 5.41) is 11.9. The van der Waals surface area contributed by atoms with Crippen LogP contribution in [0.4, 0.5) is 0 Å². The number of rotatable bonds is 6. The van der Waals surface area contributed by atoms with Gasteiger partial charge in [-0.05, 0) is 36.8 Å². The van der Waals surface area contributed by atoms with E-state index in [1.54, 1.807) is 14.2 Å². The number of hydrogen-bond donors (Lipinski definition) is 1. The van der Waals surface area contributed by atoms with Crippen LogP contribution in [0.25, 0.3) is 5.65 Å². The van der Waals surface area contributed by atoms with Crippen LogP contribution in [0.15, 0.2) is 41.0 Å². The molecule has 3 aromatic rings. The lowest BCUT2D eigenvalue weighted by Gasteiger charge is -2.15. The second kappa shape index (κ2) is 7.19. The average Bonchev–Trinajstić information content (AvgIpc) is 3.04. The summed E-state index contributed by atoms with van der Waals surface area (Å²) in [4.78, 5) is 0. The first kappa shape index (κ1) is 16.7. The molecule has 0 aliphatic carbocycles. The van der Waals surface area contributed by atoms with Crippen molar-refractivity contribution in [2.24, 2.45) is 0 Å². The summed E-state index contributed by atoms with van der Waals surface area (Å²) in [6.07, 6.45) is 1.97. The largest absolute Gasteiger partial charge is 0.493 e. The molecule has 0 aliphatic heterocycles. The maximum absolute atomic E-state index is 5.37. The molecular weight excluding hydrogens is 372 g/mol. The van der Waals surface area contributed by atoms with Crippen molar-refractivity contribution in [1.29, 1.82) is 0 Å². The lowest BCUT2D eigenvalue weighted by molar-refractivity contribution is 0.354. The van der Waals surface area contributed by atoms with Crippen LogP contribution in [-0.4, -0.2) is 28.8 Å². The Bertz CT molecular complexity index is 850. The topological polar surface area (TPSA) is 60.7 Å². The van der Waals surface area contributed by atoms with Crippen LogP contribution < -0.4 is 14.8 Å². The predicted octanol–water partition coefficient (Wildman–Crippen LogP) is 3.36. The Morgan fingerprint density at radius 2 is 1.92 bits per heavy atom. The standard InChI is InChI=1S/C17H19BrN4O2/c1-11(17-21-20-16-6-4-5-7-22(16)17)19-10-12-8-14(23-2)15(24-3)9-13(12)18/h4-9,11,19H,10H2,1-3H3. The molecule has 126 valence electrons. The predicted molar refractivity (Wildman–Crippen MR) is 95.5 cm³/mol. The van der Waals surface area contributed by atoms with E-state index in [-0.39, 0.29) is 6.04 Å². The second-order valence-corrected chi connectivity index (χ2v) is 6.24. The highest BCUT2D eigenvalue weighted by atomic mass is 79.9. The number of halogens is 1. The van der Waals surface area contributed by atoms with Crippen molar-refractivity contribution < 1.29 is 9.47 Å². The van der Waals surface area contributed by atoms with Crippen molar-refractivity contribution in [1.82, 2.24) is 19.9 Å². The van der Waals surface area contributed by atoms with Crippen molar-refractivity contribution in [2.75, 3.05) is 14.2 Å². The van der Waals surface area contributed by atoms with E-state index in [0.29, 0.717) is 18.0 Å². The summed E-state index contributed by atoms with van der Waals surface area (Å²) < 4.78 is 13.6. The molecule has 0 saturated heterocycles. The zero-order chi connectivity index (χ0) is 17.1. The van der Waals surface area contributed by atoms with E-state index in [4.69, 9.17) is 9.47 Å². The fraction of sp³-hybridized carbons (Fsp3) is 0.294. The molecule has 0 radical (unpaired) electrons. The van der Waals surface area contributed by atoms with Crippen molar-refractivity contribution in [3.05, 3.63) is 52.4 Å². The zero-order valence-corrected chi connectivity index (χ0v) is 15.4. The van der Waals surface area contributed by atoms with Crippen molar-refractivity contribution in [3.8, 4) is 11.5 Å². The molecule has 0 fully saturated rings. The van der Waals surface area contributed by atoms with Gasteiger partial charge in [0.1, 0.15) is 0 Å². The van der Waals surface area contributed by atoms with Gasteiger partial charge in [-0.15, -0.1) is 10.2 Å². The number of fused-ring (bicyclic) bond motifs is 1. The number of hydrogen-bond acceptors (Lipinski definition) is 5. The third-order valence-electron chi connectivity index (χ3n) is 3.88. The summed E-state index contributed by atoms with van der Waals surface area (Å²) >= 11 is 3.58. The number of nitrogens with one attached hydrogen (secondary N) is 1. The van der Waals surface area contributed by atoms with Gasteiger partial charge in [-0.1, -0.05) is 22.0 Å². The maximum atomic E-state index is 5.37. The summed E-state index contributed by atoms with van der Waals surface area (Å²) in [6, 6.07) is 9.78. The van der Waals surface area contributed by atoms with Crippen molar-refractivity contribution >= 4 is 21.6 Å². The van der Waals surface area contributed by atoms with E-state index < -0.39 is 0 Å². The first-order chi connectivity index (χ1) is 11.6. The molecule has 3 rings (SSSR count). The molecule has 2 aromatic heterocycles. The quantitative estimate of drug-likeness (QED) is 0.698. The third-order valence-corrected chi connectivity index (χ3v) is 4.62. The molecule has 24 heavy (non-hydrogen) atoms. The molecule has 1 unspecified atom stereocenters. The molecule has 0 bridgehead atoms. The van der Waals surface area contributed by atoms with E-state index in [0.717, 1.165) is 21.5 Å². The fourth-order valence-electron chi connectivity index (χ4n) is 2.54. The number of methoxy groups -OCH3 is 2. The minimum absolute atomic E-state index is 0.0439. The van der Waals surface area contributed by atoms with E-state index >= 15 is 0 Å². The number of ether oxygens (including phenoxy) is 2. The lowest BCUT2D eigenvalue weighted by Crippen LogP contribution is -2.20. The molecule has 0 saturated carbocycles. The molecule has 0 amide bonds. The smallest absolute Gasteiger partial charge is 0.161 e. The minimum Gasteiger partial charge on any atom is -0.493 e. The van der Waals surface area contributed by atoms with Crippen molar-refractivity contribution in [3.63, 3.8) is 0 Å². The molecule has 6 nitrogen and oxygen atoms in total. The van der Waals surface area contributed by atoms with Gasteiger partial charge in [0.2, 0.25) is 0 Å². The van der Waals surface area contributed by atoms with E-state index in [1.807, 2.05) is 40.9 Å². The summed E-state index contributed by atoms with van der Waals surface area (Å²) in [7, 11) is 3.26. The Labute approximate surface area is 148 Å². The summed E-state index contributed by atoms with van der Waals surface area (Å²) in [5.41, 5.74) is 1.92. The van der Waals surface area contributed by atoms with Crippen LogP contribution in [0.3, 0.4) is 0 Å². The van der Waals surface area contributed by atoms with Gasteiger partial charge in [0, 0.05) is 17.2 Å². The highest BCUT2D eigenvalue weighted by Crippen LogP contribution is 2.33. The van der Waals surface area contributed by atoms with Gasteiger partial charge in [0.05, 0.1) is 20.3 Å². The lowest BCUT2D eigenvalue weighted by atomic mass is 10.2. The van der Waals surface area contributed by atoms with Crippen molar-refractivity contribution in [2.45, 2.75) is 19.5 Å². The van der Waals surface area contributed by atoms with E-state index in [1.165, 1.54) is 0 Å². The molecule has 1 N–H and O–H groups in total. The Hall–Kier alpha value is -2.12. The number of pyridine rings is 1. The van der Waals surface area contributed by atoms with Crippen LogP contribution >= 0.6 is 15.9 Å². The fourth-order valence-corrected chi connectivity index (χ4v) is 3.00. The van der Waals surface area contributed by atoms with Crippen LogP contribution in [-0.2, 0) is 6.54 Å². The normalized spacial score (nSPS) is 12.3. The third kappa shape index (κ3) is 3.22. The van der Waals surface area contributed by atoms with Gasteiger partial charge in [0.15, 0.2) is 23.0 Å². The first-order valence-electron chi connectivity index (χ1n) is 7.57. The minimum atomic E-state index is 0.0439. The molecule has 1 aromatic carbocycles. The Morgan fingerprint density at radius 3 is 2.67 bits per heavy atom. The van der Waals surface area contributed by atoms with Crippen LogP contribution in [0.2, 0.25) is 0 Å². The number of aromatic nitrogens is 3. The second-order valence-electron chi connectivity index (χ2n) is 5.39. The molecule has 1 atom stereocenters. The SMILES string of the molecule is COc1cc(Br)c(CNC(C)c2nnc3ccccn23)cc1OC. The van der Waals surface area contributed by atoms with Gasteiger partial charge in [-0.2, -0.15) is 0 Å². The summed E-state index contributed by atoms with van der Waals surface area (Å²) in [5.74, 6) is 2.28. The van der Waals surface area contributed by atoms with Gasteiger partial charge in [-0.3, -0.25) is 4.40 Å². The van der Waals surface area contributed by atoms with Crippen LogP contribution in [0.5, 0.6) is 11.5 Å². The van der Waals surface area contributed by atoms with Crippen LogP contribution in [0.1, 0.15) is 24.4 Å². The zero-order valence-electron chi connectivity index (χ0n) is 13.8. The van der Waals surface area contributed by atoms with Gasteiger partial charge < -0.3 is 14.8 Å². The summed E-state index contributed by atoms with van der Waals surface area (Å²) in [6.45, 7) is 2.72. The first-order valence-corrected chi connectivity index (χ1v) is 8.36. The maximum Gasteiger partial charge on any atom is 0.161 e. The number of nitrogens with zero attached hydrogens (tertiary/aromatic N) is 3. The molecule has 7 heteroatoms. The molecule has 2 heterocycles. The van der Waals surface area contributed by atoms with Crippen LogP contribution in [0, 0.1) is 0 Å². The molecule has 0 aliphatic rings. The van der Waals surface area contributed by atoms with Gasteiger partial charge in [0.25, 0.3) is 0 Å². The Balaban J connectivity index is 1.78. The van der Waals surface area contributed by atoms with E-state index in [2.05, 4.69) is 38.4 Å². The molecule has 0 spiro atoms. The van der Waals surface area contributed by atoms with Gasteiger partial charge >= 0.3 is 0 Å². The monoisotopic (exact) mass is 390 g/mol. The highest BCUT2D eigenvalue weighted by Gasteiger charge is 2.14. The Morgan fingerprint density at radius 1 is 1.17 bits per heavy atom. The Kier molecular flexibility index (Phi) is 5.01. The van der Waals surface area contributed by atoms with E-state index in [9.17, 15) is 0 Å². The molecular formula is C17H19BrN4O2. The number of benzene rings is 1. The average molecular weight is 391 g/mol. The highest BCUT2D eigenvalue weighted by molar-refractivity contribution is 9.10. The van der Waals surface area contributed by atoms with Gasteiger partial charge in [-0.25, -0.2) is 0 Å².